The average Bonchev–Trinajstić information content (AvgIpc) is 3.66. The Balaban J connectivity index is 1.58. The molecule has 2 heterocycles. The number of thiazole rings is 1. The largest absolute Gasteiger partial charge is 0.497 e. The number of amides is 4. The summed E-state index contributed by atoms with van der Waals surface area (Å²) in [5.74, 6) is -2.28. The highest BCUT2D eigenvalue weighted by atomic mass is 32.1. The minimum absolute atomic E-state index is 0.0518. The molecule has 2 aromatic rings. The summed E-state index contributed by atoms with van der Waals surface area (Å²) >= 11 is 1.38. The standard InChI is InChI=1S/C38H57N5O8S/c1-38(2,49)30(36(47)39-3)22-33(44)31(19-25-8-6-5-7-9-25)41-37(48)32(21-28-23-52-24-40-28)42-35(46)27(18-26-10-12-29(50-4)13-11-26)20-34(45)43-14-16-51-17-15-43/h10-13,23-25,27,30-33,44,49H,5-9,14-22H2,1-4H3,(H,39,47)(H,41,48)(H,42,46)/t27?,30?,31?,32-,33?/m0/s1. The Morgan fingerprint density at radius 3 is 2.31 bits per heavy atom. The maximum atomic E-state index is 14.3. The number of aromatic nitrogens is 1. The summed E-state index contributed by atoms with van der Waals surface area (Å²) in [5, 5.41) is 32.9. The normalized spacial score (nSPS) is 18.4. The summed E-state index contributed by atoms with van der Waals surface area (Å²) in [4.78, 5) is 60.7. The van der Waals surface area contributed by atoms with Crippen LogP contribution >= 0.6 is 11.3 Å². The molecule has 0 spiro atoms. The third kappa shape index (κ3) is 12.5. The van der Waals surface area contributed by atoms with Crippen LogP contribution in [0, 0.1) is 17.8 Å². The van der Waals surface area contributed by atoms with Gasteiger partial charge in [-0.1, -0.05) is 44.2 Å². The van der Waals surface area contributed by atoms with Crippen LogP contribution in [0.15, 0.2) is 35.2 Å². The Hall–Kier alpha value is -3.59. The molecule has 14 heteroatoms. The van der Waals surface area contributed by atoms with Gasteiger partial charge in [-0.25, -0.2) is 4.98 Å². The molecular weight excluding hydrogens is 687 g/mol. The number of morpholine rings is 1. The number of aliphatic hydroxyl groups is 2. The second-order valence-electron chi connectivity index (χ2n) is 14.7. The molecule has 1 saturated carbocycles. The molecule has 4 unspecified atom stereocenters. The Labute approximate surface area is 311 Å². The van der Waals surface area contributed by atoms with E-state index in [-0.39, 0.29) is 37.5 Å². The second-order valence-corrected chi connectivity index (χ2v) is 15.4. The number of rotatable bonds is 18. The highest BCUT2D eigenvalue weighted by molar-refractivity contribution is 7.07. The predicted molar refractivity (Wildman–Crippen MR) is 198 cm³/mol. The molecule has 52 heavy (non-hydrogen) atoms. The van der Waals surface area contributed by atoms with Crippen molar-refractivity contribution in [1.82, 2.24) is 25.8 Å². The predicted octanol–water partition coefficient (Wildman–Crippen LogP) is 2.63. The van der Waals surface area contributed by atoms with Gasteiger partial charge in [0, 0.05) is 38.4 Å². The van der Waals surface area contributed by atoms with Crippen molar-refractivity contribution in [3.63, 3.8) is 0 Å². The lowest BCUT2D eigenvalue weighted by Gasteiger charge is -2.35. The molecule has 5 N–H and O–H groups in total. The van der Waals surface area contributed by atoms with E-state index in [1.165, 1.54) is 32.2 Å². The quantitative estimate of drug-likeness (QED) is 0.154. The summed E-state index contributed by atoms with van der Waals surface area (Å²) in [5.41, 5.74) is 1.70. The van der Waals surface area contributed by atoms with Crippen molar-refractivity contribution in [2.45, 2.75) is 102 Å². The number of nitrogens with one attached hydrogen (secondary N) is 3. The second kappa shape index (κ2) is 20.0. The number of carbonyl (C=O) groups excluding carboxylic acids is 4. The first-order valence-corrected chi connectivity index (χ1v) is 19.4. The summed E-state index contributed by atoms with van der Waals surface area (Å²) in [6.45, 7) is 4.82. The average molecular weight is 744 g/mol. The van der Waals surface area contributed by atoms with Crippen LogP contribution in [0.4, 0.5) is 0 Å². The van der Waals surface area contributed by atoms with Gasteiger partial charge in [-0.2, -0.15) is 0 Å². The van der Waals surface area contributed by atoms with Crippen molar-refractivity contribution < 1.29 is 38.9 Å². The number of hydrogen-bond donors (Lipinski definition) is 5. The van der Waals surface area contributed by atoms with Gasteiger partial charge in [0.15, 0.2) is 0 Å². The van der Waals surface area contributed by atoms with Crippen molar-refractivity contribution in [1.29, 1.82) is 0 Å². The topological polar surface area (TPSA) is 179 Å². The van der Waals surface area contributed by atoms with Crippen molar-refractivity contribution in [2.75, 3.05) is 40.5 Å². The van der Waals surface area contributed by atoms with Crippen LogP contribution in [0.25, 0.3) is 0 Å². The SMILES string of the molecule is CNC(=O)C(CC(O)C(CC1CCCCC1)NC(=O)[C@H](Cc1cscn1)NC(=O)C(CC(=O)N1CCOCC1)Cc1ccc(OC)cc1)C(C)(C)O. The minimum Gasteiger partial charge on any atom is -0.497 e. The lowest BCUT2D eigenvalue weighted by atomic mass is 9.80. The molecule has 1 aliphatic heterocycles. The van der Waals surface area contributed by atoms with Gasteiger partial charge < -0.3 is 40.5 Å². The highest BCUT2D eigenvalue weighted by Gasteiger charge is 2.38. The molecule has 1 aromatic heterocycles. The molecule has 2 aliphatic rings. The van der Waals surface area contributed by atoms with Crippen molar-refractivity contribution >= 4 is 35.0 Å². The number of ether oxygens (including phenoxy) is 2. The number of nitrogens with zero attached hydrogens (tertiary/aromatic N) is 2. The van der Waals surface area contributed by atoms with E-state index in [9.17, 15) is 29.4 Å². The molecule has 2 fully saturated rings. The van der Waals surface area contributed by atoms with Gasteiger partial charge in [-0.05, 0) is 56.7 Å². The van der Waals surface area contributed by atoms with Gasteiger partial charge in [-0.15, -0.1) is 11.3 Å². The van der Waals surface area contributed by atoms with Gasteiger partial charge in [0.1, 0.15) is 11.8 Å². The van der Waals surface area contributed by atoms with Crippen LogP contribution in [0.3, 0.4) is 0 Å². The molecule has 4 amide bonds. The summed E-state index contributed by atoms with van der Waals surface area (Å²) in [6, 6.07) is 5.52. The van der Waals surface area contributed by atoms with E-state index in [0.717, 1.165) is 37.7 Å². The van der Waals surface area contributed by atoms with Crippen molar-refractivity contribution in [3.05, 3.63) is 46.4 Å². The van der Waals surface area contributed by atoms with Gasteiger partial charge >= 0.3 is 0 Å². The van der Waals surface area contributed by atoms with E-state index in [1.54, 1.807) is 29.7 Å². The monoisotopic (exact) mass is 743 g/mol. The zero-order valence-electron chi connectivity index (χ0n) is 31.0. The van der Waals surface area contributed by atoms with E-state index in [2.05, 4.69) is 20.9 Å². The third-order valence-corrected chi connectivity index (χ3v) is 11.0. The number of carbonyl (C=O) groups is 4. The third-order valence-electron chi connectivity index (χ3n) is 10.3. The molecule has 1 aromatic carbocycles. The maximum absolute atomic E-state index is 14.3. The Kier molecular flexibility index (Phi) is 15.9. The van der Waals surface area contributed by atoms with Gasteiger partial charge in [-0.3, -0.25) is 19.2 Å². The zero-order chi connectivity index (χ0) is 37.7. The van der Waals surface area contributed by atoms with Gasteiger partial charge in [0.25, 0.3) is 0 Å². The summed E-state index contributed by atoms with van der Waals surface area (Å²) < 4.78 is 10.7. The smallest absolute Gasteiger partial charge is 0.243 e. The molecule has 288 valence electrons. The van der Waals surface area contributed by atoms with E-state index in [1.807, 2.05) is 17.5 Å². The molecule has 0 radical (unpaired) electrons. The lowest BCUT2D eigenvalue weighted by Crippen LogP contribution is -2.56. The highest BCUT2D eigenvalue weighted by Crippen LogP contribution is 2.30. The fourth-order valence-electron chi connectivity index (χ4n) is 7.18. The van der Waals surface area contributed by atoms with Crippen LogP contribution in [-0.2, 0) is 36.8 Å². The Morgan fingerprint density at radius 1 is 1.02 bits per heavy atom. The Bertz CT molecular complexity index is 1420. The van der Waals surface area contributed by atoms with E-state index < -0.39 is 53.3 Å². The number of benzene rings is 1. The van der Waals surface area contributed by atoms with Gasteiger partial charge in [0.2, 0.25) is 23.6 Å². The first-order valence-electron chi connectivity index (χ1n) is 18.5. The first kappa shape index (κ1) is 41.2. The van der Waals surface area contributed by atoms with Crippen LogP contribution < -0.4 is 20.7 Å². The molecule has 13 nitrogen and oxygen atoms in total. The molecule has 4 rings (SSSR count). The van der Waals surface area contributed by atoms with E-state index in [0.29, 0.717) is 44.2 Å². The minimum atomic E-state index is -1.42. The molecule has 0 bridgehead atoms. The number of methoxy groups -OCH3 is 1. The first-order chi connectivity index (χ1) is 24.9. The molecule has 1 aliphatic carbocycles. The lowest BCUT2D eigenvalue weighted by molar-refractivity contribution is -0.140. The maximum Gasteiger partial charge on any atom is 0.243 e. The number of aliphatic hydroxyl groups excluding tert-OH is 1. The molecular formula is C38H57N5O8S. The van der Waals surface area contributed by atoms with E-state index in [4.69, 9.17) is 9.47 Å². The van der Waals surface area contributed by atoms with E-state index >= 15 is 0 Å². The van der Waals surface area contributed by atoms with Gasteiger partial charge in [0.05, 0.1) is 61.1 Å². The summed E-state index contributed by atoms with van der Waals surface area (Å²) in [6.07, 6.45) is 4.78. The zero-order valence-corrected chi connectivity index (χ0v) is 31.8. The Morgan fingerprint density at radius 2 is 1.71 bits per heavy atom. The van der Waals surface area contributed by atoms with Crippen LogP contribution in [0.5, 0.6) is 5.75 Å². The fourth-order valence-corrected chi connectivity index (χ4v) is 7.75. The van der Waals surface area contributed by atoms with Crippen LogP contribution in [-0.4, -0.2) is 108 Å². The van der Waals surface area contributed by atoms with Crippen LogP contribution in [0.1, 0.15) is 76.5 Å². The fraction of sp³-hybridized carbons (Fsp3) is 0.658. The molecule has 5 atom stereocenters. The molecule has 1 saturated heterocycles. The number of hydrogen-bond acceptors (Lipinski definition) is 10. The summed E-state index contributed by atoms with van der Waals surface area (Å²) in [7, 11) is 3.06. The van der Waals surface area contributed by atoms with Crippen molar-refractivity contribution in [2.24, 2.45) is 17.8 Å². The van der Waals surface area contributed by atoms with Crippen molar-refractivity contribution in [3.8, 4) is 5.75 Å². The van der Waals surface area contributed by atoms with Crippen LogP contribution in [0.2, 0.25) is 0 Å².